The highest BCUT2D eigenvalue weighted by molar-refractivity contribution is 6.36. The van der Waals surface area contributed by atoms with Gasteiger partial charge in [0, 0.05) is 75.6 Å². The number of benzene rings is 2. The molecule has 52 heavy (non-hydrogen) atoms. The molecule has 0 radical (unpaired) electrons. The molecule has 0 bridgehead atoms. The number of carboxylic acid groups (broad SMARTS) is 1. The van der Waals surface area contributed by atoms with Gasteiger partial charge in [-0.1, -0.05) is 35.9 Å². The maximum absolute atomic E-state index is 13.7. The summed E-state index contributed by atoms with van der Waals surface area (Å²) in [5, 5.41) is 28.9. The molecule has 0 atom stereocenters. The van der Waals surface area contributed by atoms with Crippen LogP contribution < -0.4 is 16.0 Å². The molecule has 3 aliphatic rings. The van der Waals surface area contributed by atoms with E-state index in [-0.39, 0.29) is 28.2 Å². The Morgan fingerprint density at radius 3 is 2.23 bits per heavy atom. The number of rotatable bonds is 9. The first-order valence-electron chi connectivity index (χ1n) is 17.8. The Morgan fingerprint density at radius 1 is 0.923 bits per heavy atom. The molecule has 13 nitrogen and oxygen atoms in total. The van der Waals surface area contributed by atoms with Crippen molar-refractivity contribution in [1.29, 1.82) is 5.26 Å². The molecule has 4 heterocycles. The lowest BCUT2D eigenvalue weighted by Gasteiger charge is -2.30. The number of halogens is 1. The number of fused-ring (bicyclic) bond motifs is 2. The molecule has 1 fully saturated rings. The van der Waals surface area contributed by atoms with Crippen molar-refractivity contribution in [2.24, 2.45) is 25.9 Å². The van der Waals surface area contributed by atoms with Gasteiger partial charge in [0.05, 0.1) is 39.3 Å². The van der Waals surface area contributed by atoms with Crippen molar-refractivity contribution in [2.45, 2.75) is 58.0 Å². The van der Waals surface area contributed by atoms with Crippen LogP contribution in [0.25, 0.3) is 11.1 Å². The van der Waals surface area contributed by atoms with Crippen molar-refractivity contribution in [3.63, 3.8) is 0 Å². The zero-order chi connectivity index (χ0) is 36.5. The number of nitrogens with zero attached hydrogens (tertiary/aromatic N) is 6. The molecule has 7 rings (SSSR count). The predicted molar refractivity (Wildman–Crippen MR) is 196 cm³/mol. The van der Waals surface area contributed by atoms with Crippen LogP contribution in [0, 0.1) is 23.2 Å². The molecule has 0 spiro atoms. The third-order valence-corrected chi connectivity index (χ3v) is 11.3. The summed E-state index contributed by atoms with van der Waals surface area (Å²) >= 11 is 6.93. The van der Waals surface area contributed by atoms with Gasteiger partial charge in [-0.25, -0.2) is 9.97 Å². The van der Waals surface area contributed by atoms with Crippen LogP contribution in [0.3, 0.4) is 0 Å². The number of imidazole rings is 2. The SMILES string of the molecule is Cn1c(C(=O)Nc2cccc(-c3cccc(NC(=O)c4nc5c(n4C)CCNC5)c3C#N)c2Cl)nc2c1CCN(CCC1CCC(C(=O)O)CC1)C2. The number of hydrogen-bond donors (Lipinski definition) is 4. The van der Waals surface area contributed by atoms with Gasteiger partial charge in [0.15, 0.2) is 11.6 Å². The first kappa shape index (κ1) is 35.4. The van der Waals surface area contributed by atoms with E-state index in [1.165, 1.54) is 0 Å². The molecule has 0 unspecified atom stereocenters. The first-order valence-corrected chi connectivity index (χ1v) is 18.2. The topological polar surface area (TPSA) is 170 Å². The van der Waals surface area contributed by atoms with Crippen LogP contribution in [0.15, 0.2) is 36.4 Å². The summed E-state index contributed by atoms with van der Waals surface area (Å²) in [4.78, 5) is 50.0. The van der Waals surface area contributed by atoms with Crippen molar-refractivity contribution in [2.75, 3.05) is 30.3 Å². The number of anilines is 2. The van der Waals surface area contributed by atoms with E-state index in [9.17, 15) is 24.8 Å². The molecule has 1 aliphatic carbocycles. The molecule has 14 heteroatoms. The van der Waals surface area contributed by atoms with E-state index in [1.54, 1.807) is 41.0 Å². The maximum Gasteiger partial charge on any atom is 0.306 e. The first-order chi connectivity index (χ1) is 25.1. The number of nitriles is 1. The molecule has 2 aliphatic heterocycles. The fraction of sp³-hybridized carbons (Fsp3) is 0.421. The Bertz CT molecular complexity index is 2090. The summed E-state index contributed by atoms with van der Waals surface area (Å²) in [5.74, 6) is -0.592. The number of nitrogens with one attached hydrogen (secondary N) is 3. The standard InChI is InChI=1S/C38H42ClN9O4/c1-46-31-13-16-41-20-29(31)42-34(46)36(49)44-27-7-3-5-24(26(27)19-40)25-6-4-8-28(33(25)39)45-37(50)35-43-30-21-48(18-15-32(30)47(35)2)17-14-22-9-11-23(12-10-22)38(51)52/h3-8,22-23,41H,9-18,20-21H2,1-2H3,(H,44,49)(H,45,50)(H,51,52). The minimum absolute atomic E-state index is 0.203. The lowest BCUT2D eigenvalue weighted by Crippen LogP contribution is -2.33. The van der Waals surface area contributed by atoms with Gasteiger partial charge in [0.1, 0.15) is 6.07 Å². The minimum Gasteiger partial charge on any atom is -0.481 e. The second kappa shape index (κ2) is 14.9. The third-order valence-electron chi connectivity index (χ3n) is 10.9. The summed E-state index contributed by atoms with van der Waals surface area (Å²) in [5.41, 5.74) is 5.73. The number of carbonyl (C=O) groups is 3. The molecular weight excluding hydrogens is 682 g/mol. The van der Waals surface area contributed by atoms with E-state index in [0.29, 0.717) is 41.5 Å². The molecule has 2 aromatic carbocycles. The lowest BCUT2D eigenvalue weighted by atomic mass is 9.80. The van der Waals surface area contributed by atoms with E-state index < -0.39 is 17.8 Å². The summed E-state index contributed by atoms with van der Waals surface area (Å²) in [6, 6.07) is 12.6. The van der Waals surface area contributed by atoms with E-state index in [2.05, 4.69) is 31.9 Å². The van der Waals surface area contributed by atoms with Crippen LogP contribution in [0.4, 0.5) is 11.4 Å². The van der Waals surface area contributed by atoms with Crippen LogP contribution in [0.1, 0.15) is 81.7 Å². The highest BCUT2D eigenvalue weighted by Crippen LogP contribution is 2.38. The Morgan fingerprint density at radius 2 is 1.56 bits per heavy atom. The number of carbonyl (C=O) groups excluding carboxylic acids is 2. The van der Waals surface area contributed by atoms with Crippen molar-refractivity contribution in [3.05, 3.63) is 81.4 Å². The highest BCUT2D eigenvalue weighted by atomic mass is 35.5. The van der Waals surface area contributed by atoms with Crippen molar-refractivity contribution in [3.8, 4) is 17.2 Å². The molecule has 270 valence electrons. The largest absolute Gasteiger partial charge is 0.481 e. The Hall–Kier alpha value is -5.03. The van der Waals surface area contributed by atoms with Gasteiger partial charge >= 0.3 is 5.97 Å². The maximum atomic E-state index is 13.7. The van der Waals surface area contributed by atoms with Crippen molar-refractivity contribution < 1.29 is 19.5 Å². The normalized spacial score (nSPS) is 18.6. The number of aromatic nitrogens is 4. The fourth-order valence-electron chi connectivity index (χ4n) is 7.89. The average Bonchev–Trinajstić information content (AvgIpc) is 3.67. The van der Waals surface area contributed by atoms with Gasteiger partial charge in [-0.15, -0.1) is 0 Å². The molecule has 4 aromatic rings. The van der Waals surface area contributed by atoms with Crippen LogP contribution in [0.5, 0.6) is 0 Å². The van der Waals surface area contributed by atoms with Crippen molar-refractivity contribution >= 4 is 40.8 Å². The van der Waals surface area contributed by atoms with Gasteiger partial charge in [-0.05, 0) is 56.7 Å². The zero-order valence-electron chi connectivity index (χ0n) is 29.3. The number of amides is 2. The van der Waals surface area contributed by atoms with E-state index in [4.69, 9.17) is 16.6 Å². The summed E-state index contributed by atoms with van der Waals surface area (Å²) in [6.45, 7) is 3.86. The number of aliphatic carboxylic acids is 1. The summed E-state index contributed by atoms with van der Waals surface area (Å²) in [7, 11) is 3.67. The van der Waals surface area contributed by atoms with Gasteiger partial charge in [0.25, 0.3) is 11.8 Å². The predicted octanol–water partition coefficient (Wildman–Crippen LogP) is 5.14. The molecular formula is C38H42ClN9O4. The van der Waals surface area contributed by atoms with Gasteiger partial charge in [-0.3, -0.25) is 19.3 Å². The van der Waals surface area contributed by atoms with Crippen LogP contribution in [-0.2, 0) is 44.8 Å². The quantitative estimate of drug-likeness (QED) is 0.183. The smallest absolute Gasteiger partial charge is 0.306 e. The Kier molecular flexibility index (Phi) is 10.1. The summed E-state index contributed by atoms with van der Waals surface area (Å²) in [6.07, 6.45) is 6.01. The Labute approximate surface area is 307 Å². The minimum atomic E-state index is -0.676. The molecule has 2 amide bonds. The molecule has 1 saturated carbocycles. The van der Waals surface area contributed by atoms with Crippen molar-refractivity contribution in [1.82, 2.24) is 29.3 Å². The van der Waals surface area contributed by atoms with E-state index in [0.717, 1.165) is 87.4 Å². The average molecular weight is 724 g/mol. The van der Waals surface area contributed by atoms with Crippen LogP contribution in [0.2, 0.25) is 5.02 Å². The highest BCUT2D eigenvalue weighted by Gasteiger charge is 2.29. The monoisotopic (exact) mass is 723 g/mol. The molecule has 4 N–H and O–H groups in total. The lowest BCUT2D eigenvalue weighted by molar-refractivity contribution is -0.143. The van der Waals surface area contributed by atoms with Gasteiger partial charge < -0.3 is 30.2 Å². The number of hydrogen-bond acceptors (Lipinski definition) is 8. The summed E-state index contributed by atoms with van der Waals surface area (Å²) < 4.78 is 3.65. The molecule has 0 saturated heterocycles. The molecule has 2 aromatic heterocycles. The Balaban J connectivity index is 1.04. The zero-order valence-corrected chi connectivity index (χ0v) is 30.1. The van der Waals surface area contributed by atoms with E-state index >= 15 is 0 Å². The van der Waals surface area contributed by atoms with E-state index in [1.807, 2.05) is 18.7 Å². The van der Waals surface area contributed by atoms with Gasteiger partial charge in [-0.2, -0.15) is 5.26 Å². The second-order valence-electron chi connectivity index (χ2n) is 14.0. The third kappa shape index (κ3) is 6.93. The number of carboxylic acids is 1. The fourth-order valence-corrected chi connectivity index (χ4v) is 8.17. The van der Waals surface area contributed by atoms with Crippen LogP contribution >= 0.6 is 11.6 Å². The van der Waals surface area contributed by atoms with Gasteiger partial charge in [0.2, 0.25) is 0 Å². The van der Waals surface area contributed by atoms with Crippen LogP contribution in [-0.4, -0.2) is 66.5 Å². The second-order valence-corrected chi connectivity index (χ2v) is 14.4.